The Morgan fingerprint density at radius 2 is 1.88 bits per heavy atom. The summed E-state index contributed by atoms with van der Waals surface area (Å²) in [5.74, 6) is 0.986. The molecule has 1 fully saturated rings. The molecule has 6 nitrogen and oxygen atoms in total. The second-order valence-electron chi connectivity index (χ2n) is 6.39. The zero-order chi connectivity index (χ0) is 17.6. The zero-order valence-electron chi connectivity index (χ0n) is 14.5. The fraction of sp³-hybridized carbons (Fsp3) is 0.421. The third-order valence-corrected chi connectivity index (χ3v) is 4.64. The number of benzene rings is 1. The van der Waals surface area contributed by atoms with Crippen LogP contribution in [0.4, 0.5) is 5.82 Å². The summed E-state index contributed by atoms with van der Waals surface area (Å²) < 4.78 is 0. The highest BCUT2D eigenvalue weighted by Crippen LogP contribution is 2.17. The summed E-state index contributed by atoms with van der Waals surface area (Å²) in [7, 11) is 0. The Bertz CT molecular complexity index is 754. The van der Waals surface area contributed by atoms with Crippen LogP contribution < -0.4 is 10.6 Å². The van der Waals surface area contributed by atoms with Crippen molar-refractivity contribution >= 4 is 28.5 Å². The molecule has 2 amide bonds. The molecule has 1 aromatic carbocycles. The van der Waals surface area contributed by atoms with Gasteiger partial charge < -0.3 is 15.5 Å². The van der Waals surface area contributed by atoms with Crippen LogP contribution in [0.3, 0.4) is 0 Å². The Balaban J connectivity index is 1.40. The van der Waals surface area contributed by atoms with E-state index in [-0.39, 0.29) is 17.7 Å². The molecule has 2 N–H and O–H groups in total. The first kappa shape index (κ1) is 17.2. The zero-order valence-corrected chi connectivity index (χ0v) is 14.5. The van der Waals surface area contributed by atoms with Crippen LogP contribution in [0.15, 0.2) is 36.4 Å². The lowest BCUT2D eigenvalue weighted by Gasteiger charge is -2.30. The first-order valence-electron chi connectivity index (χ1n) is 8.76. The van der Waals surface area contributed by atoms with Crippen LogP contribution in [0.25, 0.3) is 10.9 Å². The van der Waals surface area contributed by atoms with Crippen LogP contribution in [0.5, 0.6) is 0 Å². The molecule has 132 valence electrons. The molecular formula is C19H24N4O2. The number of pyridine rings is 1. The molecule has 0 atom stereocenters. The number of rotatable bonds is 5. The van der Waals surface area contributed by atoms with E-state index in [2.05, 4.69) is 15.6 Å². The number of piperidine rings is 1. The van der Waals surface area contributed by atoms with Crippen LogP contribution in [0.1, 0.15) is 19.8 Å². The van der Waals surface area contributed by atoms with Crippen LogP contribution in [0, 0.1) is 5.92 Å². The number of hydrogen-bond acceptors (Lipinski definition) is 4. The molecule has 0 saturated carbocycles. The largest absolute Gasteiger partial charge is 0.368 e. The molecule has 0 radical (unpaired) electrons. The molecule has 25 heavy (non-hydrogen) atoms. The minimum Gasteiger partial charge on any atom is -0.368 e. The average molecular weight is 340 g/mol. The Morgan fingerprint density at radius 3 is 2.64 bits per heavy atom. The number of para-hydroxylation sites is 1. The maximum atomic E-state index is 12.2. The number of aromatic nitrogens is 1. The van der Waals surface area contributed by atoms with Crippen molar-refractivity contribution in [2.75, 3.05) is 31.5 Å². The van der Waals surface area contributed by atoms with Gasteiger partial charge in [-0.15, -0.1) is 0 Å². The van der Waals surface area contributed by atoms with E-state index in [0.717, 1.165) is 29.6 Å². The highest BCUT2D eigenvalue weighted by Gasteiger charge is 2.25. The first-order chi connectivity index (χ1) is 12.1. The van der Waals surface area contributed by atoms with Crippen molar-refractivity contribution in [1.29, 1.82) is 0 Å². The number of nitrogens with one attached hydrogen (secondary N) is 2. The van der Waals surface area contributed by atoms with E-state index in [1.807, 2.05) is 36.4 Å². The minimum absolute atomic E-state index is 0.00870. The predicted octanol–water partition coefficient (Wildman–Crippen LogP) is 2.02. The quantitative estimate of drug-likeness (QED) is 0.817. The van der Waals surface area contributed by atoms with Gasteiger partial charge in [0.2, 0.25) is 11.8 Å². The molecule has 0 bridgehead atoms. The number of amides is 2. The second kappa shape index (κ2) is 7.96. The van der Waals surface area contributed by atoms with Gasteiger partial charge in [0.25, 0.3) is 0 Å². The Kier molecular flexibility index (Phi) is 5.48. The summed E-state index contributed by atoms with van der Waals surface area (Å²) in [6, 6.07) is 12.0. The van der Waals surface area contributed by atoms with E-state index < -0.39 is 0 Å². The standard InChI is InChI=1S/C19H24N4O2/c1-14(24)23-12-8-16(9-13-23)19(25)21-11-10-20-18-7-6-15-4-2-3-5-17(15)22-18/h2-7,16H,8-13H2,1H3,(H,20,22)(H,21,25). The van der Waals surface area contributed by atoms with E-state index in [1.54, 1.807) is 11.8 Å². The lowest BCUT2D eigenvalue weighted by Crippen LogP contribution is -2.43. The Morgan fingerprint density at radius 1 is 1.12 bits per heavy atom. The van der Waals surface area contributed by atoms with Crippen LogP contribution in [-0.4, -0.2) is 47.9 Å². The number of anilines is 1. The van der Waals surface area contributed by atoms with Crippen molar-refractivity contribution < 1.29 is 9.59 Å². The molecule has 3 rings (SSSR count). The van der Waals surface area contributed by atoms with Crippen LogP contribution >= 0.6 is 0 Å². The molecule has 0 unspecified atom stereocenters. The molecule has 1 aliphatic rings. The van der Waals surface area contributed by atoms with Gasteiger partial charge in [-0.25, -0.2) is 4.98 Å². The first-order valence-corrected chi connectivity index (χ1v) is 8.76. The van der Waals surface area contributed by atoms with Gasteiger partial charge >= 0.3 is 0 Å². The van der Waals surface area contributed by atoms with Gasteiger partial charge in [0.05, 0.1) is 5.52 Å². The molecule has 6 heteroatoms. The summed E-state index contributed by atoms with van der Waals surface area (Å²) in [6.45, 7) is 4.11. The van der Waals surface area contributed by atoms with Gasteiger partial charge in [-0.2, -0.15) is 0 Å². The molecule has 1 saturated heterocycles. The lowest BCUT2D eigenvalue weighted by molar-refractivity contribution is -0.133. The summed E-state index contributed by atoms with van der Waals surface area (Å²) in [4.78, 5) is 29.9. The summed E-state index contributed by atoms with van der Waals surface area (Å²) in [5, 5.41) is 7.32. The van der Waals surface area contributed by atoms with Crippen LogP contribution in [0.2, 0.25) is 0 Å². The topological polar surface area (TPSA) is 74.3 Å². The number of carbonyl (C=O) groups is 2. The normalized spacial score (nSPS) is 15.2. The monoisotopic (exact) mass is 340 g/mol. The number of likely N-dealkylation sites (tertiary alicyclic amines) is 1. The Labute approximate surface area is 147 Å². The maximum Gasteiger partial charge on any atom is 0.223 e. The smallest absolute Gasteiger partial charge is 0.223 e. The van der Waals surface area contributed by atoms with Crippen molar-refractivity contribution in [1.82, 2.24) is 15.2 Å². The fourth-order valence-electron chi connectivity index (χ4n) is 3.14. The van der Waals surface area contributed by atoms with E-state index in [9.17, 15) is 9.59 Å². The van der Waals surface area contributed by atoms with Gasteiger partial charge in [0.15, 0.2) is 0 Å². The van der Waals surface area contributed by atoms with E-state index in [4.69, 9.17) is 0 Å². The number of carbonyl (C=O) groups excluding carboxylic acids is 2. The SMILES string of the molecule is CC(=O)N1CCC(C(=O)NCCNc2ccc3ccccc3n2)CC1. The average Bonchev–Trinajstić information content (AvgIpc) is 2.65. The molecule has 2 heterocycles. The van der Waals surface area contributed by atoms with E-state index >= 15 is 0 Å². The summed E-state index contributed by atoms with van der Waals surface area (Å²) in [6.07, 6.45) is 1.48. The molecule has 1 aliphatic heterocycles. The molecule has 0 aliphatic carbocycles. The fourth-order valence-corrected chi connectivity index (χ4v) is 3.14. The van der Waals surface area contributed by atoms with Crippen molar-refractivity contribution in [2.24, 2.45) is 5.92 Å². The Hall–Kier alpha value is -2.63. The molecule has 2 aromatic rings. The third kappa shape index (κ3) is 4.47. The van der Waals surface area contributed by atoms with Crippen LogP contribution in [-0.2, 0) is 9.59 Å². The number of hydrogen-bond donors (Lipinski definition) is 2. The third-order valence-electron chi connectivity index (χ3n) is 4.64. The summed E-state index contributed by atoms with van der Waals surface area (Å²) >= 11 is 0. The van der Waals surface area contributed by atoms with Crippen molar-refractivity contribution in [2.45, 2.75) is 19.8 Å². The van der Waals surface area contributed by atoms with Gasteiger partial charge in [-0.3, -0.25) is 9.59 Å². The van der Waals surface area contributed by atoms with Gasteiger partial charge in [0.1, 0.15) is 5.82 Å². The molecular weight excluding hydrogens is 316 g/mol. The van der Waals surface area contributed by atoms with Gasteiger partial charge in [-0.1, -0.05) is 18.2 Å². The minimum atomic E-state index is 0.00870. The highest BCUT2D eigenvalue weighted by atomic mass is 16.2. The number of nitrogens with zero attached hydrogens (tertiary/aromatic N) is 2. The maximum absolute atomic E-state index is 12.2. The number of fused-ring (bicyclic) bond motifs is 1. The molecule has 0 spiro atoms. The van der Waals surface area contributed by atoms with Gasteiger partial charge in [-0.05, 0) is 31.0 Å². The van der Waals surface area contributed by atoms with Gasteiger partial charge in [0, 0.05) is 44.4 Å². The van der Waals surface area contributed by atoms with Crippen molar-refractivity contribution in [3.05, 3.63) is 36.4 Å². The van der Waals surface area contributed by atoms with Crippen molar-refractivity contribution in [3.63, 3.8) is 0 Å². The lowest BCUT2D eigenvalue weighted by atomic mass is 9.96. The summed E-state index contributed by atoms with van der Waals surface area (Å²) in [5.41, 5.74) is 0.953. The highest BCUT2D eigenvalue weighted by molar-refractivity contribution is 5.80. The van der Waals surface area contributed by atoms with Crippen molar-refractivity contribution in [3.8, 4) is 0 Å². The molecule has 1 aromatic heterocycles. The second-order valence-corrected chi connectivity index (χ2v) is 6.39. The predicted molar refractivity (Wildman–Crippen MR) is 98.2 cm³/mol. The van der Waals surface area contributed by atoms with E-state index in [0.29, 0.717) is 26.2 Å². The van der Waals surface area contributed by atoms with E-state index in [1.165, 1.54) is 0 Å².